The summed E-state index contributed by atoms with van der Waals surface area (Å²) in [5.41, 5.74) is 4.15. The number of amides is 2. The molecule has 37 heavy (non-hydrogen) atoms. The minimum absolute atomic E-state index is 0.0953. The Morgan fingerprint density at radius 3 is 2.38 bits per heavy atom. The zero-order valence-corrected chi connectivity index (χ0v) is 20.6. The molecule has 6 rings (SSSR count). The van der Waals surface area contributed by atoms with Gasteiger partial charge in [-0.2, -0.15) is 0 Å². The number of anilines is 1. The van der Waals surface area contributed by atoms with Crippen LogP contribution in [0.4, 0.5) is 5.69 Å². The van der Waals surface area contributed by atoms with Crippen LogP contribution in [0.15, 0.2) is 89.4 Å². The van der Waals surface area contributed by atoms with Gasteiger partial charge in [0.1, 0.15) is 31.7 Å². The molecule has 186 valence electrons. The fourth-order valence-electron chi connectivity index (χ4n) is 5.37. The molecule has 1 aromatic heterocycles. The van der Waals surface area contributed by atoms with Gasteiger partial charge in [-0.3, -0.25) is 9.59 Å². The maximum absolute atomic E-state index is 13.3. The minimum Gasteiger partial charge on any atom is -0.436 e. The number of nitrogens with one attached hydrogen (secondary N) is 2. The van der Waals surface area contributed by atoms with Crippen LogP contribution >= 0.6 is 0 Å². The van der Waals surface area contributed by atoms with E-state index in [1.165, 1.54) is 20.3 Å². The van der Waals surface area contributed by atoms with Crippen molar-refractivity contribution in [3.63, 3.8) is 0 Å². The first-order valence-corrected chi connectivity index (χ1v) is 12.9. The van der Waals surface area contributed by atoms with Crippen molar-refractivity contribution >= 4 is 34.7 Å². The van der Waals surface area contributed by atoms with Crippen LogP contribution in [0.25, 0.3) is 28.6 Å². The summed E-state index contributed by atoms with van der Waals surface area (Å²) in [6.45, 7) is 4.74. The third-order valence-electron chi connectivity index (χ3n) is 7.42. The van der Waals surface area contributed by atoms with E-state index in [2.05, 4.69) is 29.3 Å². The van der Waals surface area contributed by atoms with Crippen molar-refractivity contribution < 1.29 is 23.8 Å². The van der Waals surface area contributed by atoms with Crippen LogP contribution in [-0.4, -0.2) is 55.6 Å². The molecule has 2 aliphatic heterocycles. The number of oxazole rings is 1. The number of imide groups is 1. The molecule has 3 aromatic carbocycles. The van der Waals surface area contributed by atoms with Gasteiger partial charge in [-0.25, -0.2) is 9.88 Å². The standard InChI is InChI=1S/C30H28N4O3/c35-28-21-26(33-19-17-32(18-20-33)16-6-9-22-7-2-1-3-8-22)30(36)34(28)24-14-12-23(13-15-24)29-31-25-10-4-5-11-27(25)37-29/h1-15,26H,16-21H2/p+2/b9-6+/t26-/m1/s1. The summed E-state index contributed by atoms with van der Waals surface area (Å²) in [5, 5.41) is 0. The Hall–Kier alpha value is -4.07. The lowest BCUT2D eigenvalue weighted by Crippen LogP contribution is -3.30. The van der Waals surface area contributed by atoms with E-state index in [0.717, 1.165) is 49.4 Å². The fourth-order valence-corrected chi connectivity index (χ4v) is 5.37. The van der Waals surface area contributed by atoms with Crippen LogP contribution in [0.5, 0.6) is 0 Å². The summed E-state index contributed by atoms with van der Waals surface area (Å²) in [7, 11) is 0. The van der Waals surface area contributed by atoms with Gasteiger partial charge in [0.2, 0.25) is 11.8 Å². The van der Waals surface area contributed by atoms with Gasteiger partial charge in [0.05, 0.1) is 18.7 Å². The van der Waals surface area contributed by atoms with E-state index in [4.69, 9.17) is 4.42 Å². The van der Waals surface area contributed by atoms with Gasteiger partial charge in [0, 0.05) is 5.56 Å². The molecule has 0 saturated carbocycles. The van der Waals surface area contributed by atoms with Gasteiger partial charge in [0.15, 0.2) is 11.6 Å². The second-order valence-electron chi connectivity index (χ2n) is 9.78. The molecular weight excluding hydrogens is 464 g/mol. The van der Waals surface area contributed by atoms with Crippen molar-refractivity contribution in [1.29, 1.82) is 0 Å². The van der Waals surface area contributed by atoms with Gasteiger partial charge in [-0.05, 0) is 48.0 Å². The Labute approximate surface area is 215 Å². The van der Waals surface area contributed by atoms with Crippen LogP contribution in [0, 0.1) is 0 Å². The summed E-state index contributed by atoms with van der Waals surface area (Å²) < 4.78 is 5.85. The maximum atomic E-state index is 13.3. The van der Waals surface area contributed by atoms with Gasteiger partial charge in [-0.1, -0.05) is 48.5 Å². The molecule has 3 heterocycles. The molecule has 1 atom stereocenters. The van der Waals surface area contributed by atoms with E-state index >= 15 is 0 Å². The smallest absolute Gasteiger partial charge is 0.292 e. The molecule has 4 aromatic rings. The Morgan fingerprint density at radius 2 is 1.62 bits per heavy atom. The summed E-state index contributed by atoms with van der Waals surface area (Å²) in [5.74, 6) is 0.299. The molecule has 0 spiro atoms. The number of benzene rings is 3. The Kier molecular flexibility index (Phi) is 6.39. The van der Waals surface area contributed by atoms with Crippen LogP contribution in [-0.2, 0) is 9.59 Å². The topological polar surface area (TPSA) is 72.3 Å². The zero-order chi connectivity index (χ0) is 25.2. The van der Waals surface area contributed by atoms with Gasteiger partial charge in [-0.15, -0.1) is 0 Å². The Morgan fingerprint density at radius 1 is 0.892 bits per heavy atom. The molecule has 2 aliphatic rings. The third-order valence-corrected chi connectivity index (χ3v) is 7.42. The second kappa shape index (κ2) is 10.1. The predicted octanol–water partition coefficient (Wildman–Crippen LogP) is 1.62. The number of piperazine rings is 1. The molecule has 2 saturated heterocycles. The van der Waals surface area contributed by atoms with E-state index < -0.39 is 0 Å². The summed E-state index contributed by atoms with van der Waals surface area (Å²) in [6, 6.07) is 25.0. The lowest BCUT2D eigenvalue weighted by Gasteiger charge is -2.31. The van der Waals surface area contributed by atoms with Crippen molar-refractivity contribution in [2.75, 3.05) is 37.6 Å². The van der Waals surface area contributed by atoms with Crippen LogP contribution in [0.3, 0.4) is 0 Å². The maximum Gasteiger partial charge on any atom is 0.292 e. The molecule has 7 nitrogen and oxygen atoms in total. The van der Waals surface area contributed by atoms with Crippen LogP contribution < -0.4 is 14.7 Å². The summed E-state index contributed by atoms with van der Waals surface area (Å²) in [4.78, 5) is 34.9. The van der Waals surface area contributed by atoms with E-state index in [0.29, 0.717) is 11.6 Å². The first kappa shape index (κ1) is 23.3. The minimum atomic E-state index is -0.300. The van der Waals surface area contributed by atoms with Crippen LogP contribution in [0.1, 0.15) is 12.0 Å². The average Bonchev–Trinajstić information content (AvgIpc) is 3.50. The molecular formula is C30H30N4O3+2. The SMILES string of the molecule is O=C1C[C@@H]([NH+]2CC[NH+](C/C=C/c3ccccc3)CC2)C(=O)N1c1ccc(-c2nc3ccccc3o2)cc1. The highest BCUT2D eigenvalue weighted by molar-refractivity contribution is 6.21. The average molecular weight is 495 g/mol. The Balaban J connectivity index is 1.07. The number of nitrogens with zero attached hydrogens (tertiary/aromatic N) is 2. The highest BCUT2D eigenvalue weighted by Gasteiger charge is 2.46. The van der Waals surface area contributed by atoms with E-state index in [9.17, 15) is 9.59 Å². The third kappa shape index (κ3) is 4.83. The first-order chi connectivity index (χ1) is 18.2. The number of carbonyl (C=O) groups is 2. The highest BCUT2D eigenvalue weighted by atomic mass is 16.3. The number of hydrogen-bond acceptors (Lipinski definition) is 4. The quantitative estimate of drug-likeness (QED) is 0.400. The lowest BCUT2D eigenvalue weighted by molar-refractivity contribution is -1.02. The van der Waals surface area contributed by atoms with Crippen molar-refractivity contribution in [2.24, 2.45) is 0 Å². The summed E-state index contributed by atoms with van der Waals surface area (Å²) in [6.07, 6.45) is 4.66. The number of rotatable bonds is 6. The molecule has 0 radical (unpaired) electrons. The number of fused-ring (bicyclic) bond motifs is 1. The van der Waals surface area contributed by atoms with Gasteiger partial charge >= 0.3 is 0 Å². The van der Waals surface area contributed by atoms with Crippen molar-refractivity contribution in [3.8, 4) is 11.5 Å². The molecule has 2 fully saturated rings. The molecule has 2 amide bonds. The van der Waals surface area contributed by atoms with Crippen molar-refractivity contribution in [1.82, 2.24) is 4.98 Å². The second-order valence-corrected chi connectivity index (χ2v) is 9.78. The molecule has 0 aliphatic carbocycles. The molecule has 7 heteroatoms. The molecule has 0 bridgehead atoms. The summed E-state index contributed by atoms with van der Waals surface area (Å²) >= 11 is 0. The van der Waals surface area contributed by atoms with Crippen LogP contribution in [0.2, 0.25) is 0 Å². The number of para-hydroxylation sites is 2. The van der Waals surface area contributed by atoms with Crippen molar-refractivity contribution in [2.45, 2.75) is 12.5 Å². The lowest BCUT2D eigenvalue weighted by atomic mass is 10.1. The number of aromatic nitrogens is 1. The monoisotopic (exact) mass is 494 g/mol. The number of quaternary nitrogens is 2. The van der Waals surface area contributed by atoms with Crippen molar-refractivity contribution in [3.05, 3.63) is 90.5 Å². The van der Waals surface area contributed by atoms with Gasteiger partial charge in [0.25, 0.3) is 5.91 Å². The van der Waals surface area contributed by atoms with E-state index in [1.54, 1.807) is 12.1 Å². The predicted molar refractivity (Wildman–Crippen MR) is 142 cm³/mol. The number of hydrogen-bond donors (Lipinski definition) is 2. The largest absolute Gasteiger partial charge is 0.436 e. The molecule has 2 N–H and O–H groups in total. The fraction of sp³-hybridized carbons (Fsp3) is 0.233. The highest BCUT2D eigenvalue weighted by Crippen LogP contribution is 2.28. The molecule has 0 unspecified atom stereocenters. The van der Waals surface area contributed by atoms with E-state index in [1.807, 2.05) is 54.6 Å². The zero-order valence-electron chi connectivity index (χ0n) is 20.6. The normalized spacial score (nSPS) is 22.4. The van der Waals surface area contributed by atoms with E-state index in [-0.39, 0.29) is 24.3 Å². The van der Waals surface area contributed by atoms with Gasteiger partial charge < -0.3 is 14.2 Å². The Bertz CT molecular complexity index is 1400. The first-order valence-electron chi connectivity index (χ1n) is 12.9. The number of carbonyl (C=O) groups excluding carboxylic acids is 2.